The fourth-order valence-corrected chi connectivity index (χ4v) is 1.51. The van der Waals surface area contributed by atoms with Crippen molar-refractivity contribution in [1.29, 1.82) is 0 Å². The van der Waals surface area contributed by atoms with Crippen LogP contribution in [0.5, 0.6) is 0 Å². The van der Waals surface area contributed by atoms with Gasteiger partial charge in [-0.15, -0.1) is 0 Å². The Balaban J connectivity index is 2.19. The number of aliphatic hydroxyl groups excluding tert-OH is 1. The summed E-state index contributed by atoms with van der Waals surface area (Å²) < 4.78 is 5.20. The van der Waals surface area contributed by atoms with Gasteiger partial charge in [0.2, 0.25) is 0 Å². The summed E-state index contributed by atoms with van der Waals surface area (Å²) >= 11 is 0. The summed E-state index contributed by atoms with van der Waals surface area (Å²) in [6.45, 7) is 1.98. The molecular weight excluding hydrogens is 104 g/mol. The van der Waals surface area contributed by atoms with Gasteiger partial charge in [-0.2, -0.15) is 0 Å². The standard InChI is InChI=1S/C6H10O2/c1-6-4(7)2-3-5(6)8-6/h4-5,7H,2-3H2,1H3. The number of rotatable bonds is 0. The molecule has 1 saturated carbocycles. The summed E-state index contributed by atoms with van der Waals surface area (Å²) in [5.74, 6) is 0. The van der Waals surface area contributed by atoms with Gasteiger partial charge in [0.05, 0.1) is 12.2 Å². The lowest BCUT2D eigenvalue weighted by Crippen LogP contribution is -2.22. The van der Waals surface area contributed by atoms with Crippen LogP contribution in [0.3, 0.4) is 0 Å². The Hall–Kier alpha value is -0.0800. The Kier molecular flexibility index (Phi) is 0.649. The van der Waals surface area contributed by atoms with Crippen molar-refractivity contribution in [2.75, 3.05) is 0 Å². The number of aliphatic hydroxyl groups is 1. The van der Waals surface area contributed by atoms with E-state index >= 15 is 0 Å². The maximum absolute atomic E-state index is 9.17. The van der Waals surface area contributed by atoms with Crippen LogP contribution in [0.1, 0.15) is 19.8 Å². The van der Waals surface area contributed by atoms with E-state index in [1.165, 1.54) is 0 Å². The fraction of sp³-hybridized carbons (Fsp3) is 1.00. The molecule has 0 aromatic carbocycles. The second-order valence-electron chi connectivity index (χ2n) is 2.88. The third-order valence-corrected chi connectivity index (χ3v) is 2.34. The number of ether oxygens (including phenoxy) is 1. The second kappa shape index (κ2) is 1.09. The quantitative estimate of drug-likeness (QED) is 0.459. The van der Waals surface area contributed by atoms with E-state index in [2.05, 4.69) is 0 Å². The molecule has 2 nitrogen and oxygen atoms in total. The molecule has 46 valence electrons. The van der Waals surface area contributed by atoms with E-state index in [4.69, 9.17) is 4.74 Å². The predicted octanol–water partition coefficient (Wildman–Crippen LogP) is 0.299. The van der Waals surface area contributed by atoms with Gasteiger partial charge in [0, 0.05) is 0 Å². The molecule has 1 N–H and O–H groups in total. The van der Waals surface area contributed by atoms with Crippen LogP contribution in [-0.2, 0) is 4.74 Å². The molecule has 2 fully saturated rings. The van der Waals surface area contributed by atoms with E-state index in [9.17, 15) is 5.11 Å². The van der Waals surface area contributed by atoms with Gasteiger partial charge in [-0.05, 0) is 19.8 Å². The van der Waals surface area contributed by atoms with Crippen LogP contribution in [0.4, 0.5) is 0 Å². The van der Waals surface area contributed by atoms with Crippen molar-refractivity contribution in [1.82, 2.24) is 0 Å². The maximum atomic E-state index is 9.17. The third kappa shape index (κ3) is 0.361. The van der Waals surface area contributed by atoms with Crippen LogP contribution in [0, 0.1) is 0 Å². The lowest BCUT2D eigenvalue weighted by atomic mass is 10.1. The van der Waals surface area contributed by atoms with E-state index < -0.39 is 0 Å². The van der Waals surface area contributed by atoms with Crippen LogP contribution in [0.2, 0.25) is 0 Å². The molecule has 0 aromatic heterocycles. The molecule has 2 heteroatoms. The highest BCUT2D eigenvalue weighted by Crippen LogP contribution is 2.49. The van der Waals surface area contributed by atoms with Crippen molar-refractivity contribution in [2.45, 2.75) is 37.6 Å². The van der Waals surface area contributed by atoms with E-state index in [1.54, 1.807) is 0 Å². The van der Waals surface area contributed by atoms with E-state index in [0.29, 0.717) is 6.10 Å². The molecule has 3 unspecified atom stereocenters. The number of hydrogen-bond acceptors (Lipinski definition) is 2. The molecule has 3 atom stereocenters. The molecule has 2 aliphatic rings. The third-order valence-electron chi connectivity index (χ3n) is 2.34. The highest BCUT2D eigenvalue weighted by molar-refractivity contribution is 5.09. The van der Waals surface area contributed by atoms with Gasteiger partial charge in [-0.25, -0.2) is 0 Å². The zero-order chi connectivity index (χ0) is 5.78. The highest BCUT2D eigenvalue weighted by atomic mass is 16.6. The minimum atomic E-state index is -0.188. The van der Waals surface area contributed by atoms with Gasteiger partial charge < -0.3 is 9.84 Å². The van der Waals surface area contributed by atoms with Gasteiger partial charge in [0.1, 0.15) is 5.60 Å². The number of epoxide rings is 1. The molecule has 0 bridgehead atoms. The van der Waals surface area contributed by atoms with Crippen molar-refractivity contribution in [3.05, 3.63) is 0 Å². The van der Waals surface area contributed by atoms with Crippen molar-refractivity contribution < 1.29 is 9.84 Å². The van der Waals surface area contributed by atoms with E-state index in [0.717, 1.165) is 12.8 Å². The van der Waals surface area contributed by atoms with E-state index in [-0.39, 0.29) is 11.7 Å². The molecule has 1 heterocycles. The van der Waals surface area contributed by atoms with Gasteiger partial charge in [-0.3, -0.25) is 0 Å². The first-order valence-electron chi connectivity index (χ1n) is 3.09. The zero-order valence-electron chi connectivity index (χ0n) is 4.92. The van der Waals surface area contributed by atoms with Crippen LogP contribution in [0.15, 0.2) is 0 Å². The first-order valence-corrected chi connectivity index (χ1v) is 3.09. The minimum absolute atomic E-state index is 0.125. The van der Waals surface area contributed by atoms with Crippen molar-refractivity contribution in [3.8, 4) is 0 Å². The highest BCUT2D eigenvalue weighted by Gasteiger charge is 2.61. The van der Waals surface area contributed by atoms with Crippen LogP contribution < -0.4 is 0 Å². The summed E-state index contributed by atoms with van der Waals surface area (Å²) in [4.78, 5) is 0. The van der Waals surface area contributed by atoms with Crippen LogP contribution in [-0.4, -0.2) is 22.9 Å². The molecule has 1 saturated heterocycles. The zero-order valence-corrected chi connectivity index (χ0v) is 4.92. The SMILES string of the molecule is CC12OC1CCC2O. The number of hydrogen-bond donors (Lipinski definition) is 1. The first-order chi connectivity index (χ1) is 3.73. The normalized spacial score (nSPS) is 60.8. The van der Waals surface area contributed by atoms with Crippen molar-refractivity contribution >= 4 is 0 Å². The predicted molar refractivity (Wildman–Crippen MR) is 28.5 cm³/mol. The monoisotopic (exact) mass is 114 g/mol. The average molecular weight is 114 g/mol. The largest absolute Gasteiger partial charge is 0.390 e. The molecule has 8 heavy (non-hydrogen) atoms. The Morgan fingerprint density at radius 2 is 2.38 bits per heavy atom. The Morgan fingerprint density at radius 1 is 1.62 bits per heavy atom. The maximum Gasteiger partial charge on any atom is 0.118 e. The minimum Gasteiger partial charge on any atom is -0.390 e. The summed E-state index contributed by atoms with van der Waals surface area (Å²) in [7, 11) is 0. The molecule has 0 spiro atoms. The van der Waals surface area contributed by atoms with Gasteiger partial charge in [-0.1, -0.05) is 0 Å². The Labute approximate surface area is 48.5 Å². The van der Waals surface area contributed by atoms with Gasteiger partial charge in [0.25, 0.3) is 0 Å². The lowest BCUT2D eigenvalue weighted by Gasteiger charge is -2.06. The average Bonchev–Trinajstić information content (AvgIpc) is 2.31. The fourth-order valence-electron chi connectivity index (χ4n) is 1.51. The molecule has 1 aliphatic carbocycles. The molecule has 2 rings (SSSR count). The van der Waals surface area contributed by atoms with Crippen LogP contribution in [0.25, 0.3) is 0 Å². The van der Waals surface area contributed by atoms with Crippen LogP contribution >= 0.6 is 0 Å². The lowest BCUT2D eigenvalue weighted by molar-refractivity contribution is 0.0744. The Morgan fingerprint density at radius 3 is 2.50 bits per heavy atom. The van der Waals surface area contributed by atoms with Gasteiger partial charge in [0.15, 0.2) is 0 Å². The summed E-state index contributed by atoms with van der Waals surface area (Å²) in [6, 6.07) is 0. The smallest absolute Gasteiger partial charge is 0.118 e. The van der Waals surface area contributed by atoms with Crippen molar-refractivity contribution in [2.24, 2.45) is 0 Å². The summed E-state index contributed by atoms with van der Waals surface area (Å²) in [6.07, 6.45) is 2.18. The Bertz CT molecular complexity index is 122. The molecular formula is C6H10O2. The summed E-state index contributed by atoms with van der Waals surface area (Å²) in [5, 5.41) is 9.17. The van der Waals surface area contributed by atoms with E-state index in [1.807, 2.05) is 6.92 Å². The molecule has 0 radical (unpaired) electrons. The summed E-state index contributed by atoms with van der Waals surface area (Å²) in [5.41, 5.74) is -0.125. The first kappa shape index (κ1) is 4.77. The van der Waals surface area contributed by atoms with Crippen molar-refractivity contribution in [3.63, 3.8) is 0 Å². The molecule has 0 amide bonds. The number of fused-ring (bicyclic) bond motifs is 1. The van der Waals surface area contributed by atoms with Gasteiger partial charge >= 0.3 is 0 Å². The second-order valence-corrected chi connectivity index (χ2v) is 2.88. The molecule has 0 aromatic rings. The molecule has 1 aliphatic heterocycles. The topological polar surface area (TPSA) is 32.8 Å².